The molecule has 29 heavy (non-hydrogen) atoms. The molecule has 6 nitrogen and oxygen atoms in total. The van der Waals surface area contributed by atoms with E-state index in [9.17, 15) is 13.2 Å². The van der Waals surface area contributed by atoms with E-state index in [-0.39, 0.29) is 17.7 Å². The van der Waals surface area contributed by atoms with Gasteiger partial charge in [-0.1, -0.05) is 18.2 Å². The van der Waals surface area contributed by atoms with Crippen LogP contribution in [-0.4, -0.2) is 50.8 Å². The highest BCUT2D eigenvalue weighted by atomic mass is 32.2. The number of sulfone groups is 1. The minimum Gasteiger partial charge on any atom is -0.490 e. The van der Waals surface area contributed by atoms with Crippen molar-refractivity contribution in [3.63, 3.8) is 0 Å². The molecule has 2 aromatic carbocycles. The summed E-state index contributed by atoms with van der Waals surface area (Å²) in [5.41, 5.74) is 0.473. The third-order valence-electron chi connectivity index (χ3n) is 4.94. The lowest BCUT2D eigenvalue weighted by Crippen LogP contribution is -2.39. The van der Waals surface area contributed by atoms with Gasteiger partial charge in [0.2, 0.25) is 0 Å². The van der Waals surface area contributed by atoms with Gasteiger partial charge in [0.25, 0.3) is 5.91 Å². The molecule has 1 amide bonds. The summed E-state index contributed by atoms with van der Waals surface area (Å²) in [6, 6.07) is 13.2. The zero-order valence-corrected chi connectivity index (χ0v) is 17.7. The lowest BCUT2D eigenvalue weighted by Gasteiger charge is -2.25. The maximum absolute atomic E-state index is 13.1. The number of ether oxygens (including phenoxy) is 2. The maximum Gasteiger partial charge on any atom is 0.254 e. The van der Waals surface area contributed by atoms with E-state index in [2.05, 4.69) is 0 Å². The van der Waals surface area contributed by atoms with E-state index in [1.165, 1.54) is 0 Å². The van der Waals surface area contributed by atoms with Crippen LogP contribution in [0.5, 0.6) is 11.5 Å². The second kappa shape index (κ2) is 9.31. The number of amides is 1. The Hall–Kier alpha value is -2.54. The molecular formula is C22H27NO5S. The van der Waals surface area contributed by atoms with Crippen molar-refractivity contribution < 1.29 is 22.7 Å². The summed E-state index contributed by atoms with van der Waals surface area (Å²) >= 11 is 0. The molecule has 1 fully saturated rings. The summed E-state index contributed by atoms with van der Waals surface area (Å²) in [6.45, 7) is 5.26. The van der Waals surface area contributed by atoms with Gasteiger partial charge in [-0.25, -0.2) is 8.42 Å². The molecule has 0 N–H and O–H groups in total. The van der Waals surface area contributed by atoms with Crippen LogP contribution in [0.15, 0.2) is 53.4 Å². The summed E-state index contributed by atoms with van der Waals surface area (Å²) in [4.78, 5) is 15.1. The monoisotopic (exact) mass is 417 g/mol. The standard InChI is InChI=1S/C22H27NO5S/c1-3-27-20-13-12-17(15-21(20)28-4-2)22(24)23-14-8-9-18(23)16-29(25,26)19-10-6-5-7-11-19/h5-7,10-13,15,18H,3-4,8-9,14,16H2,1-2H3. The Morgan fingerprint density at radius 2 is 1.72 bits per heavy atom. The van der Waals surface area contributed by atoms with Gasteiger partial charge in [-0.05, 0) is 57.0 Å². The Labute approximate surface area is 172 Å². The molecule has 1 heterocycles. The van der Waals surface area contributed by atoms with Gasteiger partial charge >= 0.3 is 0 Å². The predicted octanol–water partition coefficient (Wildman–Crippen LogP) is 3.56. The Balaban J connectivity index is 1.80. The normalized spacial score (nSPS) is 16.6. The van der Waals surface area contributed by atoms with Crippen LogP contribution in [0.4, 0.5) is 0 Å². The number of hydrogen-bond donors (Lipinski definition) is 0. The van der Waals surface area contributed by atoms with Gasteiger partial charge in [0.05, 0.1) is 23.9 Å². The minimum atomic E-state index is -3.46. The van der Waals surface area contributed by atoms with Crippen LogP contribution < -0.4 is 9.47 Å². The van der Waals surface area contributed by atoms with Crippen molar-refractivity contribution in [1.29, 1.82) is 0 Å². The Morgan fingerprint density at radius 3 is 2.41 bits per heavy atom. The van der Waals surface area contributed by atoms with Crippen LogP contribution in [0.3, 0.4) is 0 Å². The molecule has 3 rings (SSSR count). The molecule has 7 heteroatoms. The Morgan fingerprint density at radius 1 is 1.03 bits per heavy atom. The second-order valence-corrected chi connectivity index (χ2v) is 8.95. The predicted molar refractivity (Wildman–Crippen MR) is 111 cm³/mol. The summed E-state index contributed by atoms with van der Waals surface area (Å²) in [6.07, 6.45) is 1.46. The fourth-order valence-corrected chi connectivity index (χ4v) is 5.22. The van der Waals surface area contributed by atoms with Crippen molar-refractivity contribution in [1.82, 2.24) is 4.90 Å². The largest absolute Gasteiger partial charge is 0.490 e. The molecule has 0 bridgehead atoms. The van der Waals surface area contributed by atoms with Crippen LogP contribution >= 0.6 is 0 Å². The molecule has 0 spiro atoms. The number of benzene rings is 2. The van der Waals surface area contributed by atoms with Gasteiger partial charge in [0, 0.05) is 18.2 Å². The second-order valence-electron chi connectivity index (χ2n) is 6.92. The fourth-order valence-electron chi connectivity index (χ4n) is 3.60. The van der Waals surface area contributed by atoms with Gasteiger partial charge in [-0.15, -0.1) is 0 Å². The molecule has 1 saturated heterocycles. The molecular weight excluding hydrogens is 390 g/mol. The van der Waals surface area contributed by atoms with Crippen LogP contribution in [0.25, 0.3) is 0 Å². The number of hydrogen-bond acceptors (Lipinski definition) is 5. The van der Waals surface area contributed by atoms with Crippen molar-refractivity contribution in [2.45, 2.75) is 37.6 Å². The van der Waals surface area contributed by atoms with E-state index >= 15 is 0 Å². The third-order valence-corrected chi connectivity index (χ3v) is 6.76. The smallest absolute Gasteiger partial charge is 0.254 e. The molecule has 1 aliphatic heterocycles. The molecule has 1 atom stereocenters. The van der Waals surface area contributed by atoms with Gasteiger partial charge in [0.15, 0.2) is 21.3 Å². The molecule has 0 radical (unpaired) electrons. The van der Waals surface area contributed by atoms with Crippen molar-refractivity contribution >= 4 is 15.7 Å². The lowest BCUT2D eigenvalue weighted by molar-refractivity contribution is 0.0748. The number of rotatable bonds is 8. The molecule has 1 aliphatic rings. The first-order valence-corrected chi connectivity index (χ1v) is 11.6. The van der Waals surface area contributed by atoms with Crippen LogP contribution in [0, 0.1) is 0 Å². The lowest BCUT2D eigenvalue weighted by atomic mass is 10.1. The molecule has 0 aromatic heterocycles. The van der Waals surface area contributed by atoms with Crippen molar-refractivity contribution in [2.75, 3.05) is 25.5 Å². The highest BCUT2D eigenvalue weighted by Crippen LogP contribution is 2.30. The third kappa shape index (κ3) is 4.90. The van der Waals surface area contributed by atoms with E-state index in [1.54, 1.807) is 53.4 Å². The SMILES string of the molecule is CCOc1ccc(C(=O)N2CCCC2CS(=O)(=O)c2ccccc2)cc1OCC. The van der Waals surface area contributed by atoms with E-state index < -0.39 is 9.84 Å². The van der Waals surface area contributed by atoms with Gasteiger partial charge in [0.1, 0.15) is 0 Å². The number of carbonyl (C=O) groups is 1. The molecule has 156 valence electrons. The Kier molecular flexibility index (Phi) is 6.79. The molecule has 0 saturated carbocycles. The zero-order chi connectivity index (χ0) is 20.9. The van der Waals surface area contributed by atoms with E-state index in [0.717, 1.165) is 6.42 Å². The first-order chi connectivity index (χ1) is 14.0. The average Bonchev–Trinajstić information content (AvgIpc) is 3.17. The van der Waals surface area contributed by atoms with Crippen LogP contribution in [0.1, 0.15) is 37.0 Å². The van der Waals surface area contributed by atoms with Gasteiger partial charge in [-0.3, -0.25) is 4.79 Å². The van der Waals surface area contributed by atoms with Crippen molar-refractivity contribution in [3.05, 3.63) is 54.1 Å². The van der Waals surface area contributed by atoms with E-state index in [0.29, 0.717) is 48.1 Å². The fraction of sp³-hybridized carbons (Fsp3) is 0.409. The first-order valence-electron chi connectivity index (χ1n) is 9.94. The first kappa shape index (κ1) is 21.2. The zero-order valence-electron chi connectivity index (χ0n) is 16.8. The molecule has 0 aliphatic carbocycles. The van der Waals surface area contributed by atoms with Gasteiger partial charge in [-0.2, -0.15) is 0 Å². The highest BCUT2D eigenvalue weighted by molar-refractivity contribution is 7.91. The maximum atomic E-state index is 13.1. The summed E-state index contributed by atoms with van der Waals surface area (Å²) in [5.74, 6) is 0.862. The topological polar surface area (TPSA) is 72.9 Å². The van der Waals surface area contributed by atoms with E-state index in [1.807, 2.05) is 13.8 Å². The number of nitrogens with zero attached hydrogens (tertiary/aromatic N) is 1. The van der Waals surface area contributed by atoms with Crippen molar-refractivity contribution in [3.8, 4) is 11.5 Å². The van der Waals surface area contributed by atoms with Crippen molar-refractivity contribution in [2.24, 2.45) is 0 Å². The average molecular weight is 418 g/mol. The summed E-state index contributed by atoms with van der Waals surface area (Å²) in [7, 11) is -3.46. The van der Waals surface area contributed by atoms with Gasteiger partial charge < -0.3 is 14.4 Å². The van der Waals surface area contributed by atoms with Crippen LogP contribution in [-0.2, 0) is 9.84 Å². The van der Waals surface area contributed by atoms with E-state index in [4.69, 9.17) is 9.47 Å². The highest BCUT2D eigenvalue weighted by Gasteiger charge is 2.33. The Bertz CT molecular complexity index is 943. The summed E-state index contributed by atoms with van der Waals surface area (Å²) in [5, 5.41) is 0. The van der Waals surface area contributed by atoms with Crippen LogP contribution in [0.2, 0.25) is 0 Å². The summed E-state index contributed by atoms with van der Waals surface area (Å²) < 4.78 is 36.7. The number of carbonyl (C=O) groups excluding carboxylic acids is 1. The minimum absolute atomic E-state index is 0.0713. The molecule has 1 unspecified atom stereocenters. The number of likely N-dealkylation sites (tertiary alicyclic amines) is 1. The molecule has 2 aromatic rings. The quantitative estimate of drug-likeness (QED) is 0.657.